The van der Waals surface area contributed by atoms with Gasteiger partial charge in [0.2, 0.25) is 0 Å². The monoisotopic (exact) mass is 261 g/mol. The Hall–Kier alpha value is -1.74. The second kappa shape index (κ2) is 7.56. The minimum absolute atomic E-state index is 0. The third kappa shape index (κ3) is 4.63. The zero-order valence-corrected chi connectivity index (χ0v) is 11.3. The molecular formula is C15H19NOS. The molecule has 0 radical (unpaired) electrons. The molecule has 18 heavy (non-hydrogen) atoms. The van der Waals surface area contributed by atoms with Crippen LogP contribution < -0.4 is 5.32 Å². The number of aryl methyl sites for hydroxylation is 1. The maximum Gasteiger partial charge on any atom is 0.288 e. The number of carbonyl (C=O) groups is 1. The number of amides is 1. The summed E-state index contributed by atoms with van der Waals surface area (Å²) in [5.74, 6) is 0. The lowest BCUT2D eigenvalue weighted by atomic mass is 10.1. The Labute approximate surface area is 114 Å². The summed E-state index contributed by atoms with van der Waals surface area (Å²) in [6, 6.07) is 7.83. The standard InChI is InChI=1S/C15H17NOS.H2/c1-4-7-14(6-3)18-15(17)16-13-10-8-12(5-2)9-11-13;/h4,6-11H,1,3,5H2,2H3,(H,16,17);1H/b14-7+;. The lowest BCUT2D eigenvalue weighted by Gasteiger charge is -2.05. The SMILES string of the molecule is C=C/C=C(\C=C)SC(=O)Nc1ccc(CC)cc1.[HH]. The molecule has 0 aromatic heterocycles. The molecule has 0 atom stereocenters. The molecule has 0 fully saturated rings. The van der Waals surface area contributed by atoms with Gasteiger partial charge in [0.05, 0.1) is 0 Å². The van der Waals surface area contributed by atoms with E-state index in [9.17, 15) is 4.79 Å². The second-order valence-electron chi connectivity index (χ2n) is 3.57. The average molecular weight is 261 g/mol. The third-order valence-electron chi connectivity index (χ3n) is 2.30. The summed E-state index contributed by atoms with van der Waals surface area (Å²) in [6.45, 7) is 9.33. The van der Waals surface area contributed by atoms with Crippen LogP contribution in [0.5, 0.6) is 0 Å². The van der Waals surface area contributed by atoms with Gasteiger partial charge < -0.3 is 5.32 Å². The highest BCUT2D eigenvalue weighted by Gasteiger charge is 2.04. The van der Waals surface area contributed by atoms with E-state index in [4.69, 9.17) is 0 Å². The van der Waals surface area contributed by atoms with Gasteiger partial charge in [-0.1, -0.05) is 44.4 Å². The van der Waals surface area contributed by atoms with E-state index in [1.807, 2.05) is 24.3 Å². The highest BCUT2D eigenvalue weighted by atomic mass is 32.2. The largest absolute Gasteiger partial charge is 0.317 e. The Kier molecular flexibility index (Phi) is 6.01. The van der Waals surface area contributed by atoms with Crippen molar-refractivity contribution in [2.24, 2.45) is 0 Å². The molecule has 96 valence electrons. The number of thioether (sulfide) groups is 1. The number of anilines is 1. The molecule has 1 aromatic rings. The van der Waals surface area contributed by atoms with Crippen LogP contribution in [-0.2, 0) is 6.42 Å². The van der Waals surface area contributed by atoms with Crippen LogP contribution in [0.25, 0.3) is 0 Å². The molecule has 0 saturated heterocycles. The van der Waals surface area contributed by atoms with Gasteiger partial charge in [0, 0.05) is 12.0 Å². The van der Waals surface area contributed by atoms with Gasteiger partial charge in [-0.3, -0.25) is 4.79 Å². The number of hydrogen-bond acceptors (Lipinski definition) is 2. The van der Waals surface area contributed by atoms with E-state index >= 15 is 0 Å². The van der Waals surface area contributed by atoms with E-state index in [1.54, 1.807) is 18.2 Å². The van der Waals surface area contributed by atoms with Gasteiger partial charge in [0.25, 0.3) is 5.24 Å². The molecule has 0 saturated carbocycles. The van der Waals surface area contributed by atoms with E-state index in [0.29, 0.717) is 0 Å². The van der Waals surface area contributed by atoms with Crippen LogP contribution >= 0.6 is 11.8 Å². The van der Waals surface area contributed by atoms with Gasteiger partial charge in [-0.05, 0) is 42.0 Å². The highest BCUT2D eigenvalue weighted by molar-refractivity contribution is 8.17. The smallest absolute Gasteiger partial charge is 0.288 e. The van der Waals surface area contributed by atoms with Crippen molar-refractivity contribution >= 4 is 22.7 Å². The van der Waals surface area contributed by atoms with Crippen LogP contribution in [0.3, 0.4) is 0 Å². The van der Waals surface area contributed by atoms with Gasteiger partial charge in [-0.15, -0.1) is 0 Å². The first kappa shape index (κ1) is 14.3. The van der Waals surface area contributed by atoms with Crippen molar-refractivity contribution in [3.05, 3.63) is 66.1 Å². The van der Waals surface area contributed by atoms with Gasteiger partial charge in [0.1, 0.15) is 0 Å². The molecule has 1 rings (SSSR count). The Morgan fingerprint density at radius 3 is 2.56 bits per heavy atom. The summed E-state index contributed by atoms with van der Waals surface area (Å²) in [7, 11) is 0. The van der Waals surface area contributed by atoms with Gasteiger partial charge >= 0.3 is 0 Å². The fourth-order valence-corrected chi connectivity index (χ4v) is 1.96. The molecule has 3 heteroatoms. The maximum atomic E-state index is 11.7. The molecule has 2 nitrogen and oxygen atoms in total. The number of rotatable bonds is 5. The number of nitrogens with one attached hydrogen (secondary N) is 1. The van der Waals surface area contributed by atoms with Crippen LogP contribution in [0, 0.1) is 0 Å². The van der Waals surface area contributed by atoms with E-state index < -0.39 is 0 Å². The van der Waals surface area contributed by atoms with Crippen molar-refractivity contribution in [3.63, 3.8) is 0 Å². The fourth-order valence-electron chi connectivity index (χ4n) is 1.33. The highest BCUT2D eigenvalue weighted by Crippen LogP contribution is 2.20. The first-order valence-corrected chi connectivity index (χ1v) is 6.54. The first-order valence-electron chi connectivity index (χ1n) is 5.72. The molecule has 0 aliphatic heterocycles. The predicted molar refractivity (Wildman–Crippen MR) is 83.0 cm³/mol. The van der Waals surface area contributed by atoms with Gasteiger partial charge in [-0.2, -0.15) is 0 Å². The minimum Gasteiger partial charge on any atom is -0.317 e. The summed E-state index contributed by atoms with van der Waals surface area (Å²) >= 11 is 1.10. The molecule has 1 aromatic carbocycles. The van der Waals surface area contributed by atoms with Crippen LogP contribution in [0.4, 0.5) is 10.5 Å². The number of benzene rings is 1. The minimum atomic E-state index is -0.132. The second-order valence-corrected chi connectivity index (χ2v) is 4.62. The van der Waals surface area contributed by atoms with Crippen molar-refractivity contribution in [2.45, 2.75) is 13.3 Å². The Morgan fingerprint density at radius 2 is 2.06 bits per heavy atom. The third-order valence-corrected chi connectivity index (χ3v) is 3.13. The number of allylic oxidation sites excluding steroid dienone is 3. The number of hydrogen-bond donors (Lipinski definition) is 1. The molecular weight excluding hydrogens is 242 g/mol. The van der Waals surface area contributed by atoms with Crippen molar-refractivity contribution in [1.29, 1.82) is 0 Å². The Morgan fingerprint density at radius 1 is 1.39 bits per heavy atom. The molecule has 1 N–H and O–H groups in total. The van der Waals surface area contributed by atoms with Crippen molar-refractivity contribution in [3.8, 4) is 0 Å². The van der Waals surface area contributed by atoms with Crippen LogP contribution in [-0.4, -0.2) is 5.24 Å². The van der Waals surface area contributed by atoms with E-state index in [1.165, 1.54) is 5.56 Å². The summed E-state index contributed by atoms with van der Waals surface area (Å²) in [5.41, 5.74) is 2.05. The van der Waals surface area contributed by atoms with Crippen LogP contribution in [0.2, 0.25) is 0 Å². The summed E-state index contributed by atoms with van der Waals surface area (Å²) in [4.78, 5) is 12.5. The summed E-state index contributed by atoms with van der Waals surface area (Å²) in [5, 5.41) is 2.69. The average Bonchev–Trinajstić information content (AvgIpc) is 2.39. The molecule has 0 aliphatic rings. The zero-order chi connectivity index (χ0) is 13.4. The van der Waals surface area contributed by atoms with Crippen molar-refractivity contribution < 1.29 is 6.22 Å². The van der Waals surface area contributed by atoms with Crippen molar-refractivity contribution in [2.75, 3.05) is 5.32 Å². The topological polar surface area (TPSA) is 29.1 Å². The number of carbonyl (C=O) groups excluding carboxylic acids is 1. The zero-order valence-electron chi connectivity index (χ0n) is 10.5. The maximum absolute atomic E-state index is 11.7. The molecule has 0 heterocycles. The molecule has 0 unspecified atom stereocenters. The van der Waals surface area contributed by atoms with E-state index in [2.05, 4.69) is 25.4 Å². The molecule has 0 bridgehead atoms. The lowest BCUT2D eigenvalue weighted by Crippen LogP contribution is -2.04. The quantitative estimate of drug-likeness (QED) is 0.754. The summed E-state index contributed by atoms with van der Waals surface area (Å²) in [6.07, 6.45) is 6.00. The lowest BCUT2D eigenvalue weighted by molar-refractivity contribution is 0.270. The normalized spacial score (nSPS) is 10.8. The molecule has 1 amide bonds. The predicted octanol–water partition coefficient (Wildman–Crippen LogP) is 5.02. The first-order chi connectivity index (χ1) is 8.69. The van der Waals surface area contributed by atoms with Gasteiger partial charge in [0.15, 0.2) is 0 Å². The van der Waals surface area contributed by atoms with E-state index in [-0.39, 0.29) is 6.67 Å². The van der Waals surface area contributed by atoms with Crippen LogP contribution in [0.1, 0.15) is 13.9 Å². The summed E-state index contributed by atoms with van der Waals surface area (Å²) < 4.78 is 0. The van der Waals surface area contributed by atoms with E-state index in [0.717, 1.165) is 28.8 Å². The van der Waals surface area contributed by atoms with Crippen molar-refractivity contribution in [1.82, 2.24) is 0 Å². The fraction of sp³-hybridized carbons (Fsp3) is 0.133. The molecule has 0 aliphatic carbocycles. The Balaban J connectivity index is 0.00000324. The van der Waals surface area contributed by atoms with Crippen LogP contribution in [0.15, 0.2) is 60.6 Å². The van der Waals surface area contributed by atoms with Gasteiger partial charge in [-0.25, -0.2) is 0 Å². The molecule has 0 spiro atoms. The Bertz CT molecular complexity index is 466.